The van der Waals surface area contributed by atoms with Gasteiger partial charge in [-0.15, -0.1) is 11.3 Å². The van der Waals surface area contributed by atoms with Gasteiger partial charge in [0.1, 0.15) is 10.6 Å². The third-order valence-electron chi connectivity index (χ3n) is 2.59. The Morgan fingerprint density at radius 2 is 2.06 bits per heavy atom. The molecule has 1 heterocycles. The summed E-state index contributed by atoms with van der Waals surface area (Å²) < 4.78 is 5.45. The van der Waals surface area contributed by atoms with Crippen LogP contribution in [0, 0.1) is 6.92 Å². The fourth-order valence-corrected chi connectivity index (χ4v) is 2.33. The summed E-state index contributed by atoms with van der Waals surface area (Å²) in [6.45, 7) is 11.3. The molecule has 0 fully saturated rings. The standard InChI is InChI=1S/C12H22N2OS/c1-8(2)13-7-10-9(3)14-11(16-10)12(4,5)15-6/h8,13H,7H2,1-6H3. The molecule has 1 N–H and O–H groups in total. The number of hydrogen-bond acceptors (Lipinski definition) is 4. The zero-order chi connectivity index (χ0) is 12.3. The second-order valence-electron chi connectivity index (χ2n) is 4.78. The minimum Gasteiger partial charge on any atom is -0.372 e. The minimum absolute atomic E-state index is 0.286. The third-order valence-corrected chi connectivity index (χ3v) is 4.05. The molecule has 0 saturated carbocycles. The number of ether oxygens (including phenoxy) is 1. The first-order chi connectivity index (χ1) is 7.36. The molecule has 0 saturated heterocycles. The normalized spacial score (nSPS) is 12.4. The summed E-state index contributed by atoms with van der Waals surface area (Å²) in [7, 11) is 1.72. The molecule has 0 unspecified atom stereocenters. The van der Waals surface area contributed by atoms with E-state index in [4.69, 9.17) is 4.74 Å². The summed E-state index contributed by atoms with van der Waals surface area (Å²) in [5.74, 6) is 0. The van der Waals surface area contributed by atoms with E-state index >= 15 is 0 Å². The van der Waals surface area contributed by atoms with Crippen molar-refractivity contribution in [3.8, 4) is 0 Å². The molecule has 1 rings (SSSR count). The number of nitrogens with one attached hydrogen (secondary N) is 1. The summed E-state index contributed by atoms with van der Waals surface area (Å²) in [6, 6.07) is 0.500. The number of nitrogens with zero attached hydrogens (tertiary/aromatic N) is 1. The highest BCUT2D eigenvalue weighted by molar-refractivity contribution is 7.11. The SMILES string of the molecule is COC(C)(C)c1nc(C)c(CNC(C)C)s1. The van der Waals surface area contributed by atoms with Crippen molar-refractivity contribution in [3.63, 3.8) is 0 Å². The van der Waals surface area contributed by atoms with Gasteiger partial charge in [-0.25, -0.2) is 4.98 Å². The minimum atomic E-state index is -0.286. The zero-order valence-electron chi connectivity index (χ0n) is 11.0. The Labute approximate surface area is 102 Å². The number of aryl methyl sites for hydroxylation is 1. The van der Waals surface area contributed by atoms with Gasteiger partial charge < -0.3 is 10.1 Å². The maximum absolute atomic E-state index is 5.45. The molecule has 0 aliphatic carbocycles. The van der Waals surface area contributed by atoms with Crippen molar-refractivity contribution in [2.24, 2.45) is 0 Å². The molecular formula is C12H22N2OS. The van der Waals surface area contributed by atoms with E-state index in [1.807, 2.05) is 13.8 Å². The molecule has 0 amide bonds. The molecule has 3 nitrogen and oxygen atoms in total. The third kappa shape index (κ3) is 3.27. The van der Waals surface area contributed by atoms with Gasteiger partial charge in [0, 0.05) is 24.6 Å². The van der Waals surface area contributed by atoms with Crippen molar-refractivity contribution >= 4 is 11.3 Å². The predicted octanol–water partition coefficient (Wildman–Crippen LogP) is 2.83. The van der Waals surface area contributed by atoms with Crippen molar-refractivity contribution in [1.82, 2.24) is 10.3 Å². The predicted molar refractivity (Wildman–Crippen MR) is 68.9 cm³/mol. The molecule has 4 heteroatoms. The van der Waals surface area contributed by atoms with Crippen LogP contribution < -0.4 is 5.32 Å². The first-order valence-electron chi connectivity index (χ1n) is 5.62. The van der Waals surface area contributed by atoms with E-state index in [1.165, 1.54) is 4.88 Å². The summed E-state index contributed by atoms with van der Waals surface area (Å²) in [5, 5.41) is 4.46. The topological polar surface area (TPSA) is 34.1 Å². The lowest BCUT2D eigenvalue weighted by Crippen LogP contribution is -2.21. The van der Waals surface area contributed by atoms with Crippen LogP contribution in [0.4, 0.5) is 0 Å². The van der Waals surface area contributed by atoms with Crippen molar-refractivity contribution in [2.75, 3.05) is 7.11 Å². The van der Waals surface area contributed by atoms with E-state index in [0.717, 1.165) is 17.2 Å². The van der Waals surface area contributed by atoms with Crippen molar-refractivity contribution in [2.45, 2.75) is 52.8 Å². The monoisotopic (exact) mass is 242 g/mol. The molecule has 0 atom stereocenters. The lowest BCUT2D eigenvalue weighted by Gasteiger charge is -2.19. The smallest absolute Gasteiger partial charge is 0.125 e. The maximum Gasteiger partial charge on any atom is 0.125 e. The van der Waals surface area contributed by atoms with Gasteiger partial charge in [0.05, 0.1) is 5.69 Å². The van der Waals surface area contributed by atoms with Crippen LogP contribution in [0.1, 0.15) is 43.3 Å². The molecule has 0 aliphatic rings. The highest BCUT2D eigenvalue weighted by atomic mass is 32.1. The fraction of sp³-hybridized carbons (Fsp3) is 0.750. The van der Waals surface area contributed by atoms with Gasteiger partial charge in [-0.05, 0) is 20.8 Å². The quantitative estimate of drug-likeness (QED) is 0.862. The van der Waals surface area contributed by atoms with Gasteiger partial charge in [0.2, 0.25) is 0 Å². The van der Waals surface area contributed by atoms with Crippen LogP contribution in [0.25, 0.3) is 0 Å². The molecule has 0 spiro atoms. The van der Waals surface area contributed by atoms with E-state index in [9.17, 15) is 0 Å². The first-order valence-corrected chi connectivity index (χ1v) is 6.43. The number of methoxy groups -OCH3 is 1. The molecule has 1 aromatic rings. The van der Waals surface area contributed by atoms with Crippen LogP contribution >= 0.6 is 11.3 Å². The lowest BCUT2D eigenvalue weighted by molar-refractivity contribution is 0.0189. The van der Waals surface area contributed by atoms with E-state index < -0.39 is 0 Å². The second-order valence-corrected chi connectivity index (χ2v) is 5.86. The van der Waals surface area contributed by atoms with E-state index in [-0.39, 0.29) is 5.60 Å². The zero-order valence-corrected chi connectivity index (χ0v) is 11.9. The average Bonchev–Trinajstić information content (AvgIpc) is 2.57. The molecule has 0 aliphatic heterocycles. The molecule has 1 aromatic heterocycles. The highest BCUT2D eigenvalue weighted by Crippen LogP contribution is 2.30. The van der Waals surface area contributed by atoms with Crippen LogP contribution in [0.15, 0.2) is 0 Å². The Bertz CT molecular complexity index is 345. The van der Waals surface area contributed by atoms with Crippen LogP contribution in [0.3, 0.4) is 0 Å². The Kier molecular flexibility index (Phi) is 4.47. The van der Waals surface area contributed by atoms with Crippen LogP contribution in [0.5, 0.6) is 0 Å². The summed E-state index contributed by atoms with van der Waals surface area (Å²) in [6.07, 6.45) is 0. The number of aromatic nitrogens is 1. The van der Waals surface area contributed by atoms with Crippen LogP contribution in [-0.4, -0.2) is 18.1 Å². The maximum atomic E-state index is 5.45. The van der Waals surface area contributed by atoms with E-state index in [0.29, 0.717) is 6.04 Å². The molecular weight excluding hydrogens is 220 g/mol. The first kappa shape index (κ1) is 13.6. The van der Waals surface area contributed by atoms with Gasteiger partial charge in [-0.2, -0.15) is 0 Å². The molecule has 0 radical (unpaired) electrons. The summed E-state index contributed by atoms with van der Waals surface area (Å²) in [5.41, 5.74) is 0.823. The van der Waals surface area contributed by atoms with Crippen molar-refractivity contribution < 1.29 is 4.74 Å². The number of thiazole rings is 1. The van der Waals surface area contributed by atoms with Crippen molar-refractivity contribution in [1.29, 1.82) is 0 Å². The van der Waals surface area contributed by atoms with Gasteiger partial charge >= 0.3 is 0 Å². The number of hydrogen-bond donors (Lipinski definition) is 1. The molecule has 0 aromatic carbocycles. The molecule has 92 valence electrons. The largest absolute Gasteiger partial charge is 0.372 e. The average molecular weight is 242 g/mol. The summed E-state index contributed by atoms with van der Waals surface area (Å²) >= 11 is 1.73. The Balaban J connectivity index is 2.81. The second kappa shape index (κ2) is 5.25. The summed E-state index contributed by atoms with van der Waals surface area (Å²) in [4.78, 5) is 5.88. The Hall–Kier alpha value is -0.450. The number of rotatable bonds is 5. The van der Waals surface area contributed by atoms with Crippen LogP contribution in [0.2, 0.25) is 0 Å². The van der Waals surface area contributed by atoms with Crippen LogP contribution in [-0.2, 0) is 16.9 Å². The Morgan fingerprint density at radius 1 is 1.44 bits per heavy atom. The Morgan fingerprint density at radius 3 is 2.56 bits per heavy atom. The van der Waals surface area contributed by atoms with E-state index in [2.05, 4.69) is 31.1 Å². The highest BCUT2D eigenvalue weighted by Gasteiger charge is 2.24. The molecule has 16 heavy (non-hydrogen) atoms. The van der Waals surface area contributed by atoms with Gasteiger partial charge in [0.15, 0.2) is 0 Å². The molecule has 0 bridgehead atoms. The van der Waals surface area contributed by atoms with E-state index in [1.54, 1.807) is 18.4 Å². The van der Waals surface area contributed by atoms with Gasteiger partial charge in [-0.3, -0.25) is 0 Å². The fourth-order valence-electron chi connectivity index (χ4n) is 1.23. The lowest BCUT2D eigenvalue weighted by atomic mass is 10.1. The van der Waals surface area contributed by atoms with Gasteiger partial charge in [-0.1, -0.05) is 13.8 Å². The van der Waals surface area contributed by atoms with Crippen molar-refractivity contribution in [3.05, 3.63) is 15.6 Å². The van der Waals surface area contributed by atoms with Gasteiger partial charge in [0.25, 0.3) is 0 Å².